The van der Waals surface area contributed by atoms with E-state index in [4.69, 9.17) is 4.74 Å². The second-order valence-corrected chi connectivity index (χ2v) is 8.84. The van der Waals surface area contributed by atoms with Crippen molar-refractivity contribution >= 4 is 34.0 Å². The van der Waals surface area contributed by atoms with Gasteiger partial charge in [-0.3, -0.25) is 4.79 Å². The maximum Gasteiger partial charge on any atom is 0.260 e. The standard InChI is InChI=1S/C26H28FN7O2/c1-16-14-19-20(31-16)8-9-21(23(19)27)36-26-22(25(35)28-2)24(29-15-30-26)32-17-4-6-18(7-5-17)34-12-10-33(3)11-13-34/h4-9,14-15,31H,10-13H2,1-3H3,(H,28,35)(H,29,30,32). The molecule has 186 valence electrons. The molecule has 1 aliphatic heterocycles. The third-order valence-electron chi connectivity index (χ3n) is 6.31. The minimum atomic E-state index is -0.535. The van der Waals surface area contributed by atoms with E-state index in [0.29, 0.717) is 10.9 Å². The van der Waals surface area contributed by atoms with E-state index in [1.807, 2.05) is 31.2 Å². The van der Waals surface area contributed by atoms with Gasteiger partial charge in [0, 0.05) is 61.2 Å². The summed E-state index contributed by atoms with van der Waals surface area (Å²) >= 11 is 0. The van der Waals surface area contributed by atoms with Crippen LogP contribution in [0.25, 0.3) is 10.9 Å². The zero-order valence-electron chi connectivity index (χ0n) is 20.4. The highest BCUT2D eigenvalue weighted by molar-refractivity contribution is 6.01. The fourth-order valence-corrected chi connectivity index (χ4v) is 4.30. The minimum Gasteiger partial charge on any atom is -0.435 e. The van der Waals surface area contributed by atoms with Crippen LogP contribution in [0, 0.1) is 12.7 Å². The lowest BCUT2D eigenvalue weighted by Gasteiger charge is -2.34. The van der Waals surface area contributed by atoms with E-state index in [9.17, 15) is 4.79 Å². The Morgan fingerprint density at radius 2 is 1.83 bits per heavy atom. The number of benzene rings is 2. The summed E-state index contributed by atoms with van der Waals surface area (Å²) in [5, 5.41) is 6.17. The molecule has 1 amide bonds. The number of carbonyl (C=O) groups excluding carboxylic acids is 1. The first-order valence-electron chi connectivity index (χ1n) is 11.8. The molecule has 0 radical (unpaired) electrons. The molecule has 0 aliphatic carbocycles. The highest BCUT2D eigenvalue weighted by Gasteiger charge is 2.22. The maximum atomic E-state index is 15.1. The number of aryl methyl sites for hydroxylation is 1. The fourth-order valence-electron chi connectivity index (χ4n) is 4.30. The van der Waals surface area contributed by atoms with Crippen molar-refractivity contribution in [3.05, 3.63) is 65.9 Å². The average molecular weight is 490 g/mol. The van der Waals surface area contributed by atoms with Crippen molar-refractivity contribution in [1.82, 2.24) is 25.2 Å². The molecule has 0 atom stereocenters. The zero-order valence-corrected chi connectivity index (χ0v) is 20.4. The number of rotatable bonds is 6. The molecule has 10 heteroatoms. The van der Waals surface area contributed by atoms with Gasteiger partial charge >= 0.3 is 0 Å². The lowest BCUT2D eigenvalue weighted by atomic mass is 10.2. The molecule has 1 fully saturated rings. The van der Waals surface area contributed by atoms with Crippen LogP contribution in [0.15, 0.2) is 48.8 Å². The number of hydrogen-bond acceptors (Lipinski definition) is 7. The van der Waals surface area contributed by atoms with Crippen LogP contribution in [-0.4, -0.2) is 66.0 Å². The Hall–Kier alpha value is -4.18. The van der Waals surface area contributed by atoms with Gasteiger partial charge in [-0.1, -0.05) is 0 Å². The van der Waals surface area contributed by atoms with Gasteiger partial charge < -0.3 is 30.2 Å². The summed E-state index contributed by atoms with van der Waals surface area (Å²) in [6.45, 7) is 5.85. The molecule has 36 heavy (non-hydrogen) atoms. The molecule has 3 N–H and O–H groups in total. The first-order chi connectivity index (χ1) is 17.4. The fraction of sp³-hybridized carbons (Fsp3) is 0.269. The molecule has 0 spiro atoms. The number of halogens is 1. The number of amides is 1. The molecule has 1 aliphatic rings. The van der Waals surface area contributed by atoms with E-state index in [0.717, 1.165) is 43.2 Å². The number of ether oxygens (including phenoxy) is 1. The summed E-state index contributed by atoms with van der Waals surface area (Å²) in [4.78, 5) is 28.9. The highest BCUT2D eigenvalue weighted by Crippen LogP contribution is 2.33. The number of H-pyrrole nitrogens is 1. The third kappa shape index (κ3) is 4.67. The summed E-state index contributed by atoms with van der Waals surface area (Å²) < 4.78 is 20.9. The summed E-state index contributed by atoms with van der Waals surface area (Å²) in [6.07, 6.45) is 1.28. The molecule has 5 rings (SSSR count). The zero-order chi connectivity index (χ0) is 25.2. The van der Waals surface area contributed by atoms with Crippen molar-refractivity contribution in [1.29, 1.82) is 0 Å². The van der Waals surface area contributed by atoms with Crippen molar-refractivity contribution in [2.75, 3.05) is 50.5 Å². The molecular formula is C26H28FN7O2. The Bertz CT molecular complexity index is 1400. The second-order valence-electron chi connectivity index (χ2n) is 8.84. The number of anilines is 3. The number of nitrogens with zero attached hydrogens (tertiary/aromatic N) is 4. The summed E-state index contributed by atoms with van der Waals surface area (Å²) in [7, 11) is 3.63. The summed E-state index contributed by atoms with van der Waals surface area (Å²) in [6, 6.07) is 12.9. The molecule has 2 aromatic carbocycles. The van der Waals surface area contributed by atoms with Gasteiger partial charge in [0.05, 0.1) is 0 Å². The van der Waals surface area contributed by atoms with E-state index in [1.54, 1.807) is 12.1 Å². The largest absolute Gasteiger partial charge is 0.435 e. The average Bonchev–Trinajstić information content (AvgIpc) is 3.28. The van der Waals surface area contributed by atoms with E-state index >= 15 is 4.39 Å². The van der Waals surface area contributed by atoms with Crippen LogP contribution < -0.4 is 20.3 Å². The Morgan fingerprint density at radius 3 is 2.56 bits per heavy atom. The van der Waals surface area contributed by atoms with Crippen LogP contribution >= 0.6 is 0 Å². The number of nitrogens with one attached hydrogen (secondary N) is 3. The van der Waals surface area contributed by atoms with Crippen LogP contribution in [0.5, 0.6) is 11.6 Å². The molecule has 9 nitrogen and oxygen atoms in total. The predicted octanol–water partition coefficient (Wildman–Crippen LogP) is 4.05. The van der Waals surface area contributed by atoms with Crippen LogP contribution in [0.1, 0.15) is 16.1 Å². The molecule has 0 unspecified atom stereocenters. The smallest absolute Gasteiger partial charge is 0.260 e. The number of fused-ring (bicyclic) bond motifs is 1. The predicted molar refractivity (Wildman–Crippen MR) is 138 cm³/mol. The van der Waals surface area contributed by atoms with E-state index in [1.165, 1.54) is 19.4 Å². The molecule has 1 saturated heterocycles. The Balaban J connectivity index is 1.42. The Labute approximate surface area is 208 Å². The number of carbonyl (C=O) groups is 1. The minimum absolute atomic E-state index is 0.0344. The molecule has 4 aromatic rings. The topological polar surface area (TPSA) is 98.4 Å². The maximum absolute atomic E-state index is 15.1. The molecule has 2 aromatic heterocycles. The second kappa shape index (κ2) is 9.82. The quantitative estimate of drug-likeness (QED) is 0.376. The number of aromatic nitrogens is 3. The van der Waals surface area contributed by atoms with Crippen molar-refractivity contribution in [3.63, 3.8) is 0 Å². The Kier molecular flexibility index (Phi) is 6.43. The van der Waals surface area contributed by atoms with Gasteiger partial charge in [0.25, 0.3) is 5.91 Å². The van der Waals surface area contributed by atoms with Crippen LogP contribution in [0.4, 0.5) is 21.6 Å². The van der Waals surface area contributed by atoms with Gasteiger partial charge in [-0.25, -0.2) is 14.4 Å². The first-order valence-corrected chi connectivity index (χ1v) is 11.8. The number of aromatic amines is 1. The van der Waals surface area contributed by atoms with Crippen LogP contribution in [0.2, 0.25) is 0 Å². The van der Waals surface area contributed by atoms with Crippen molar-refractivity contribution in [2.24, 2.45) is 0 Å². The molecular weight excluding hydrogens is 461 g/mol. The van der Waals surface area contributed by atoms with E-state index < -0.39 is 11.7 Å². The van der Waals surface area contributed by atoms with Crippen molar-refractivity contribution in [3.8, 4) is 11.6 Å². The van der Waals surface area contributed by atoms with Crippen molar-refractivity contribution in [2.45, 2.75) is 6.92 Å². The van der Waals surface area contributed by atoms with Crippen LogP contribution in [0.3, 0.4) is 0 Å². The van der Waals surface area contributed by atoms with Gasteiger partial charge in [0.1, 0.15) is 11.9 Å². The van der Waals surface area contributed by atoms with Crippen LogP contribution in [-0.2, 0) is 0 Å². The molecule has 0 bridgehead atoms. The first kappa shape index (κ1) is 23.6. The summed E-state index contributed by atoms with van der Waals surface area (Å²) in [5.74, 6) is -0.821. The van der Waals surface area contributed by atoms with E-state index in [2.05, 4.69) is 42.4 Å². The lowest BCUT2D eigenvalue weighted by molar-refractivity contribution is 0.0960. The SMILES string of the molecule is CNC(=O)c1c(Nc2ccc(N3CCN(C)CC3)cc2)ncnc1Oc1ccc2[nH]c(C)cc2c1F. The molecule has 3 heterocycles. The normalized spacial score (nSPS) is 14.2. The van der Waals surface area contributed by atoms with Gasteiger partial charge in [-0.15, -0.1) is 0 Å². The third-order valence-corrected chi connectivity index (χ3v) is 6.31. The summed E-state index contributed by atoms with van der Waals surface area (Å²) in [5.41, 5.74) is 3.46. The monoisotopic (exact) mass is 489 g/mol. The molecule has 0 saturated carbocycles. The van der Waals surface area contributed by atoms with Gasteiger partial charge in [-0.05, 0) is 56.4 Å². The number of hydrogen-bond donors (Lipinski definition) is 3. The van der Waals surface area contributed by atoms with Gasteiger partial charge in [0.15, 0.2) is 17.4 Å². The van der Waals surface area contributed by atoms with Gasteiger partial charge in [-0.2, -0.15) is 0 Å². The number of piperazine rings is 1. The van der Waals surface area contributed by atoms with Gasteiger partial charge in [0.2, 0.25) is 5.88 Å². The lowest BCUT2D eigenvalue weighted by Crippen LogP contribution is -2.44. The van der Waals surface area contributed by atoms with E-state index in [-0.39, 0.29) is 23.0 Å². The Morgan fingerprint density at radius 1 is 1.08 bits per heavy atom. The van der Waals surface area contributed by atoms with Crippen molar-refractivity contribution < 1.29 is 13.9 Å². The number of likely N-dealkylation sites (N-methyl/N-ethyl adjacent to an activating group) is 1. The highest BCUT2D eigenvalue weighted by atomic mass is 19.1.